The molecule has 0 aliphatic carbocycles. The molecule has 0 radical (unpaired) electrons. The van der Waals surface area contributed by atoms with E-state index in [2.05, 4.69) is 31.9 Å². The SMILES string of the molecule is N#Cc1c(NCc2ccc([OH2+])cc2)n[nH]c1Nc1cccnc1. The smallest absolute Gasteiger partial charge is 0.253 e. The Hall–Kier alpha value is -3.53. The fourth-order valence-corrected chi connectivity index (χ4v) is 2.06. The standard InChI is InChI=1S/C16H14N6O/c17-8-14-15(19-9-11-3-5-13(23)6-4-11)21-22-16(14)20-12-2-1-7-18-10-12/h1-7,10,23H,9H2,(H3,19,20,21,22)/p+1. The van der Waals surface area contributed by atoms with Crippen LogP contribution in [0.3, 0.4) is 0 Å². The highest BCUT2D eigenvalue weighted by molar-refractivity contribution is 5.69. The summed E-state index contributed by atoms with van der Waals surface area (Å²) in [5.41, 5.74) is 2.19. The molecule has 5 N–H and O–H groups in total. The van der Waals surface area contributed by atoms with E-state index in [0.29, 0.717) is 29.5 Å². The third-order valence-corrected chi connectivity index (χ3v) is 3.22. The average molecular weight is 307 g/mol. The van der Waals surface area contributed by atoms with Crippen LogP contribution in [0.4, 0.5) is 17.3 Å². The van der Waals surface area contributed by atoms with E-state index < -0.39 is 0 Å². The largest absolute Gasteiger partial charge is 0.593 e. The van der Waals surface area contributed by atoms with Crippen LogP contribution in [0.5, 0.6) is 5.75 Å². The van der Waals surface area contributed by atoms with Gasteiger partial charge in [-0.1, -0.05) is 0 Å². The molecule has 0 atom stereocenters. The number of hydrogen-bond acceptors (Lipinski definition) is 5. The topological polar surface area (TPSA) is 112 Å². The average Bonchev–Trinajstić information content (AvgIpc) is 2.97. The van der Waals surface area contributed by atoms with Crippen molar-refractivity contribution in [2.75, 3.05) is 10.6 Å². The summed E-state index contributed by atoms with van der Waals surface area (Å²) in [4.78, 5) is 4.02. The maximum atomic E-state index is 9.37. The number of aromatic nitrogens is 3. The molecule has 0 amide bonds. The molecule has 0 fully saturated rings. The van der Waals surface area contributed by atoms with Gasteiger partial charge in [0, 0.05) is 24.9 Å². The number of anilines is 3. The molecule has 0 bridgehead atoms. The van der Waals surface area contributed by atoms with Crippen molar-refractivity contribution < 1.29 is 5.11 Å². The highest BCUT2D eigenvalue weighted by Gasteiger charge is 2.13. The predicted octanol–water partition coefficient (Wildman–Crippen LogP) is 2.47. The van der Waals surface area contributed by atoms with E-state index in [1.165, 1.54) is 0 Å². The first-order chi connectivity index (χ1) is 11.3. The Balaban J connectivity index is 1.73. The molecule has 2 heterocycles. The van der Waals surface area contributed by atoms with Crippen LogP contribution >= 0.6 is 0 Å². The van der Waals surface area contributed by atoms with Crippen molar-refractivity contribution in [2.24, 2.45) is 0 Å². The van der Waals surface area contributed by atoms with Gasteiger partial charge in [-0.15, -0.1) is 0 Å². The van der Waals surface area contributed by atoms with E-state index in [9.17, 15) is 5.26 Å². The number of rotatable bonds is 5. The van der Waals surface area contributed by atoms with E-state index in [1.807, 2.05) is 18.2 Å². The van der Waals surface area contributed by atoms with Crippen LogP contribution in [-0.4, -0.2) is 20.3 Å². The molecular weight excluding hydrogens is 292 g/mol. The fraction of sp³-hybridized carbons (Fsp3) is 0.0625. The Morgan fingerprint density at radius 2 is 2.04 bits per heavy atom. The molecule has 23 heavy (non-hydrogen) atoms. The van der Waals surface area contributed by atoms with Gasteiger partial charge in [0.25, 0.3) is 5.75 Å². The van der Waals surface area contributed by atoms with E-state index in [-0.39, 0.29) is 0 Å². The summed E-state index contributed by atoms with van der Waals surface area (Å²) in [7, 11) is 0. The lowest BCUT2D eigenvalue weighted by Gasteiger charge is -2.04. The maximum absolute atomic E-state index is 9.37. The highest BCUT2D eigenvalue weighted by atomic mass is 16.3. The second-order valence-corrected chi connectivity index (χ2v) is 4.85. The minimum absolute atomic E-state index is 0.408. The first-order valence-electron chi connectivity index (χ1n) is 6.96. The molecule has 3 aromatic rings. The molecule has 0 unspecified atom stereocenters. The summed E-state index contributed by atoms with van der Waals surface area (Å²) < 4.78 is 0. The number of aromatic amines is 1. The number of nitrogens with one attached hydrogen (secondary N) is 3. The van der Waals surface area contributed by atoms with Crippen LogP contribution in [0.15, 0.2) is 48.8 Å². The third-order valence-electron chi connectivity index (χ3n) is 3.22. The lowest BCUT2D eigenvalue weighted by Crippen LogP contribution is -2.01. The Morgan fingerprint density at radius 1 is 1.22 bits per heavy atom. The van der Waals surface area contributed by atoms with E-state index in [4.69, 9.17) is 5.11 Å². The van der Waals surface area contributed by atoms with Gasteiger partial charge in [0.2, 0.25) is 0 Å². The molecule has 1 aromatic carbocycles. The quantitative estimate of drug-likeness (QED) is 0.627. The second kappa shape index (κ2) is 6.49. The van der Waals surface area contributed by atoms with E-state index in [0.717, 1.165) is 11.3 Å². The number of benzene rings is 1. The van der Waals surface area contributed by atoms with Crippen LogP contribution < -0.4 is 10.6 Å². The van der Waals surface area contributed by atoms with Gasteiger partial charge >= 0.3 is 0 Å². The fourth-order valence-electron chi connectivity index (χ4n) is 2.06. The molecule has 0 aliphatic rings. The number of pyridine rings is 1. The summed E-state index contributed by atoms with van der Waals surface area (Å²) >= 11 is 0. The lowest BCUT2D eigenvalue weighted by atomic mass is 10.2. The van der Waals surface area contributed by atoms with Gasteiger partial charge < -0.3 is 15.7 Å². The van der Waals surface area contributed by atoms with E-state index >= 15 is 0 Å². The van der Waals surface area contributed by atoms with Crippen molar-refractivity contribution in [3.63, 3.8) is 0 Å². The summed E-state index contributed by atoms with van der Waals surface area (Å²) in [5.74, 6) is 1.47. The Kier molecular flexibility index (Phi) is 4.07. The normalized spacial score (nSPS) is 10.0. The summed E-state index contributed by atoms with van der Waals surface area (Å²) in [6, 6.07) is 13.0. The molecule has 7 heteroatoms. The van der Waals surface area contributed by atoms with Crippen molar-refractivity contribution >= 4 is 17.3 Å². The highest BCUT2D eigenvalue weighted by Crippen LogP contribution is 2.23. The summed E-state index contributed by atoms with van der Waals surface area (Å²) in [5, 5.41) is 30.0. The van der Waals surface area contributed by atoms with Crippen LogP contribution in [0.2, 0.25) is 0 Å². The van der Waals surface area contributed by atoms with Crippen molar-refractivity contribution in [3.05, 3.63) is 59.9 Å². The van der Waals surface area contributed by atoms with E-state index in [1.54, 1.807) is 30.6 Å². The van der Waals surface area contributed by atoms with Crippen LogP contribution in [-0.2, 0) is 6.54 Å². The van der Waals surface area contributed by atoms with Crippen LogP contribution in [0.1, 0.15) is 11.1 Å². The van der Waals surface area contributed by atoms with Gasteiger partial charge in [0.1, 0.15) is 17.5 Å². The van der Waals surface area contributed by atoms with Gasteiger partial charge in [0.05, 0.1) is 11.9 Å². The number of nitriles is 1. The molecule has 2 aromatic heterocycles. The zero-order valence-electron chi connectivity index (χ0n) is 12.2. The zero-order chi connectivity index (χ0) is 16.1. The Bertz CT molecular complexity index is 820. The molecular formula is C16H15N6O+. The Labute approximate surface area is 132 Å². The van der Waals surface area contributed by atoms with Crippen molar-refractivity contribution in [2.45, 2.75) is 6.54 Å². The first kappa shape index (κ1) is 14.4. The maximum Gasteiger partial charge on any atom is 0.253 e. The first-order valence-corrected chi connectivity index (χ1v) is 6.96. The predicted molar refractivity (Wildman–Crippen MR) is 87.7 cm³/mol. The molecule has 0 saturated carbocycles. The molecule has 0 spiro atoms. The van der Waals surface area contributed by atoms with Gasteiger partial charge in [-0.2, -0.15) is 10.4 Å². The van der Waals surface area contributed by atoms with Crippen LogP contribution in [0, 0.1) is 11.3 Å². The molecule has 0 saturated heterocycles. The monoisotopic (exact) mass is 307 g/mol. The summed E-state index contributed by atoms with van der Waals surface area (Å²) in [6.45, 7) is 0.520. The number of nitrogens with zero attached hydrogens (tertiary/aromatic N) is 3. The van der Waals surface area contributed by atoms with Crippen LogP contribution in [0.25, 0.3) is 0 Å². The minimum atomic E-state index is 0.408. The Morgan fingerprint density at radius 3 is 2.74 bits per heavy atom. The van der Waals surface area contributed by atoms with Gasteiger partial charge in [-0.25, -0.2) is 0 Å². The molecule has 3 rings (SSSR count). The zero-order valence-corrected chi connectivity index (χ0v) is 12.2. The number of H-pyrrole nitrogens is 1. The molecule has 7 nitrogen and oxygen atoms in total. The second-order valence-electron chi connectivity index (χ2n) is 4.85. The van der Waals surface area contributed by atoms with Gasteiger partial charge in [0.15, 0.2) is 5.82 Å². The van der Waals surface area contributed by atoms with Gasteiger partial charge in [-0.05, 0) is 29.8 Å². The summed E-state index contributed by atoms with van der Waals surface area (Å²) in [6.07, 6.45) is 3.34. The lowest BCUT2D eigenvalue weighted by molar-refractivity contribution is 0.475. The van der Waals surface area contributed by atoms with Crippen molar-refractivity contribution in [1.82, 2.24) is 15.2 Å². The molecule has 0 aliphatic heterocycles. The number of hydrogen-bond donors (Lipinski definition) is 3. The van der Waals surface area contributed by atoms with Gasteiger partial charge in [-0.3, -0.25) is 10.1 Å². The van der Waals surface area contributed by atoms with Crippen molar-refractivity contribution in [1.29, 1.82) is 5.26 Å². The molecule has 114 valence electrons. The minimum Gasteiger partial charge on any atom is -0.593 e. The third kappa shape index (κ3) is 3.39. The van der Waals surface area contributed by atoms with Crippen molar-refractivity contribution in [3.8, 4) is 11.8 Å².